The van der Waals surface area contributed by atoms with E-state index in [-0.39, 0.29) is 6.07 Å². The summed E-state index contributed by atoms with van der Waals surface area (Å²) in [6.45, 7) is 0.642. The molecular formula is C12H13F5N2. The molecule has 1 fully saturated rings. The summed E-state index contributed by atoms with van der Waals surface area (Å²) in [5.74, 6) is -6.08. The summed E-state index contributed by atoms with van der Waals surface area (Å²) in [5.41, 5.74) is -0.873. The maximum Gasteiger partial charge on any atom is 0.166 e. The summed E-state index contributed by atoms with van der Waals surface area (Å²) in [5, 5.41) is 3.00. The summed E-state index contributed by atoms with van der Waals surface area (Å²) in [4.78, 5) is 1.47. The van der Waals surface area contributed by atoms with Gasteiger partial charge in [-0.25, -0.2) is 22.0 Å². The van der Waals surface area contributed by atoms with Gasteiger partial charge < -0.3 is 5.32 Å². The van der Waals surface area contributed by atoms with Crippen LogP contribution in [0.25, 0.3) is 0 Å². The molecule has 1 aromatic carbocycles. The summed E-state index contributed by atoms with van der Waals surface area (Å²) in [6, 6.07) is -1.19. The number of hydrogen-bond acceptors (Lipinski definition) is 2. The second kappa shape index (κ2) is 5.83. The molecule has 7 heteroatoms. The largest absolute Gasteiger partial charge is 0.314 e. The highest BCUT2D eigenvalue weighted by molar-refractivity contribution is 5.26. The molecule has 2 rings (SSSR count). The van der Waals surface area contributed by atoms with Gasteiger partial charge in [0.1, 0.15) is 6.67 Å². The highest BCUT2D eigenvalue weighted by Crippen LogP contribution is 2.29. The van der Waals surface area contributed by atoms with E-state index in [0.29, 0.717) is 26.2 Å². The minimum absolute atomic E-state index is 0.126. The van der Waals surface area contributed by atoms with Gasteiger partial charge in [0.15, 0.2) is 23.3 Å². The second-order valence-corrected chi connectivity index (χ2v) is 4.34. The van der Waals surface area contributed by atoms with Crippen LogP contribution in [0.3, 0.4) is 0 Å². The summed E-state index contributed by atoms with van der Waals surface area (Å²) < 4.78 is 66.7. The van der Waals surface area contributed by atoms with Gasteiger partial charge in [0.05, 0.1) is 6.04 Å². The number of hydrogen-bond donors (Lipinski definition) is 1. The summed E-state index contributed by atoms with van der Waals surface area (Å²) >= 11 is 0. The van der Waals surface area contributed by atoms with Gasteiger partial charge in [-0.3, -0.25) is 4.90 Å². The van der Waals surface area contributed by atoms with E-state index in [4.69, 9.17) is 0 Å². The van der Waals surface area contributed by atoms with Crippen molar-refractivity contribution in [2.45, 2.75) is 6.04 Å². The van der Waals surface area contributed by atoms with Crippen molar-refractivity contribution < 1.29 is 22.0 Å². The van der Waals surface area contributed by atoms with E-state index in [9.17, 15) is 22.0 Å². The number of alkyl halides is 1. The molecule has 1 saturated heterocycles. The molecule has 0 aromatic heterocycles. The Morgan fingerprint density at radius 1 is 1.05 bits per heavy atom. The number of benzene rings is 1. The Kier molecular flexibility index (Phi) is 4.36. The quantitative estimate of drug-likeness (QED) is 0.674. The Bertz CT molecular complexity index is 434. The van der Waals surface area contributed by atoms with Crippen LogP contribution >= 0.6 is 0 Å². The van der Waals surface area contributed by atoms with Crippen molar-refractivity contribution in [3.05, 3.63) is 34.9 Å². The first-order valence-corrected chi connectivity index (χ1v) is 5.90. The maximum absolute atomic E-state index is 13.6. The molecule has 2 nitrogen and oxygen atoms in total. The average molecular weight is 280 g/mol. The highest BCUT2D eigenvalue weighted by atomic mass is 19.2. The molecule has 0 unspecified atom stereocenters. The minimum Gasteiger partial charge on any atom is -0.314 e. The molecule has 1 heterocycles. The fourth-order valence-electron chi connectivity index (χ4n) is 2.24. The SMILES string of the molecule is FC[C@H](c1c(F)c(F)cc(F)c1F)N1CCNCC1. The van der Waals surface area contributed by atoms with Crippen molar-refractivity contribution in [2.24, 2.45) is 0 Å². The van der Waals surface area contributed by atoms with Crippen LogP contribution in [-0.4, -0.2) is 37.8 Å². The Morgan fingerprint density at radius 2 is 1.58 bits per heavy atom. The zero-order valence-corrected chi connectivity index (χ0v) is 10.0. The number of nitrogens with one attached hydrogen (secondary N) is 1. The van der Waals surface area contributed by atoms with Crippen molar-refractivity contribution in [1.29, 1.82) is 0 Å². The normalized spacial score (nSPS) is 18.6. The predicted octanol–water partition coefficient (Wildman–Crippen LogP) is 2.16. The monoisotopic (exact) mass is 280 g/mol. The zero-order valence-electron chi connectivity index (χ0n) is 10.0. The van der Waals surface area contributed by atoms with Crippen molar-refractivity contribution in [3.63, 3.8) is 0 Å². The van der Waals surface area contributed by atoms with E-state index in [2.05, 4.69) is 5.32 Å². The topological polar surface area (TPSA) is 15.3 Å². The standard InChI is InChI=1S/C12H13F5N2/c13-6-9(19-3-1-18-2-4-19)10-11(16)7(14)5-8(15)12(10)17/h5,9,18H,1-4,6H2/t9-/m1/s1. The Hall–Kier alpha value is -1.21. The zero-order chi connectivity index (χ0) is 14.0. The van der Waals surface area contributed by atoms with Crippen LogP contribution in [0.15, 0.2) is 6.07 Å². The van der Waals surface area contributed by atoms with Crippen LogP contribution < -0.4 is 5.32 Å². The lowest BCUT2D eigenvalue weighted by molar-refractivity contribution is 0.139. The molecule has 0 amide bonds. The van der Waals surface area contributed by atoms with Crippen molar-refractivity contribution >= 4 is 0 Å². The van der Waals surface area contributed by atoms with E-state index >= 15 is 0 Å². The van der Waals surface area contributed by atoms with Gasteiger partial charge in [0.2, 0.25) is 0 Å². The van der Waals surface area contributed by atoms with Crippen LogP contribution in [0.5, 0.6) is 0 Å². The first kappa shape index (κ1) is 14.2. The molecule has 0 aliphatic carbocycles. The molecule has 1 aliphatic rings. The lowest BCUT2D eigenvalue weighted by atomic mass is 10.0. The Labute approximate surface area is 107 Å². The van der Waals surface area contributed by atoms with Gasteiger partial charge in [0, 0.05) is 37.8 Å². The molecule has 0 radical (unpaired) electrons. The van der Waals surface area contributed by atoms with E-state index in [0.717, 1.165) is 0 Å². The van der Waals surface area contributed by atoms with E-state index in [1.807, 2.05) is 0 Å². The Balaban J connectivity index is 2.42. The third-order valence-electron chi connectivity index (χ3n) is 3.22. The first-order chi connectivity index (χ1) is 9.06. The average Bonchev–Trinajstić information content (AvgIpc) is 2.42. The molecule has 1 atom stereocenters. The summed E-state index contributed by atoms with van der Waals surface area (Å²) in [6.07, 6.45) is 0. The molecule has 0 bridgehead atoms. The van der Waals surface area contributed by atoms with Crippen molar-refractivity contribution in [2.75, 3.05) is 32.9 Å². The van der Waals surface area contributed by atoms with Crippen LogP contribution in [-0.2, 0) is 0 Å². The molecule has 1 N–H and O–H groups in total. The molecular weight excluding hydrogens is 267 g/mol. The molecule has 19 heavy (non-hydrogen) atoms. The third kappa shape index (κ3) is 2.71. The maximum atomic E-state index is 13.6. The number of nitrogens with zero attached hydrogens (tertiary/aromatic N) is 1. The molecule has 1 aliphatic heterocycles. The van der Waals surface area contributed by atoms with Gasteiger partial charge in [-0.05, 0) is 0 Å². The van der Waals surface area contributed by atoms with Gasteiger partial charge in [-0.15, -0.1) is 0 Å². The fourth-order valence-corrected chi connectivity index (χ4v) is 2.24. The van der Waals surface area contributed by atoms with Gasteiger partial charge in [-0.1, -0.05) is 0 Å². The van der Waals surface area contributed by atoms with E-state index in [1.165, 1.54) is 4.90 Å². The Morgan fingerprint density at radius 3 is 2.05 bits per heavy atom. The van der Waals surface area contributed by atoms with Crippen molar-refractivity contribution in [3.8, 4) is 0 Å². The third-order valence-corrected chi connectivity index (χ3v) is 3.22. The number of halogens is 5. The van der Waals surface area contributed by atoms with Gasteiger partial charge >= 0.3 is 0 Å². The molecule has 0 saturated carbocycles. The van der Waals surface area contributed by atoms with Crippen LogP contribution in [0.1, 0.15) is 11.6 Å². The van der Waals surface area contributed by atoms with Gasteiger partial charge in [-0.2, -0.15) is 0 Å². The molecule has 106 valence electrons. The fraction of sp³-hybridized carbons (Fsp3) is 0.500. The van der Waals surface area contributed by atoms with Crippen LogP contribution in [0.2, 0.25) is 0 Å². The highest BCUT2D eigenvalue weighted by Gasteiger charge is 2.31. The number of rotatable bonds is 3. The lowest BCUT2D eigenvalue weighted by Crippen LogP contribution is -2.46. The van der Waals surface area contributed by atoms with E-state index in [1.54, 1.807) is 0 Å². The first-order valence-electron chi connectivity index (χ1n) is 5.90. The van der Waals surface area contributed by atoms with Crippen LogP contribution in [0.4, 0.5) is 22.0 Å². The lowest BCUT2D eigenvalue weighted by Gasteiger charge is -2.33. The minimum atomic E-state index is -1.53. The van der Waals surface area contributed by atoms with E-state index < -0.39 is 41.5 Å². The van der Waals surface area contributed by atoms with Crippen LogP contribution in [0, 0.1) is 23.3 Å². The van der Waals surface area contributed by atoms with Gasteiger partial charge in [0.25, 0.3) is 0 Å². The molecule has 1 aromatic rings. The smallest absolute Gasteiger partial charge is 0.166 e. The molecule has 0 spiro atoms. The summed E-state index contributed by atoms with van der Waals surface area (Å²) in [7, 11) is 0. The van der Waals surface area contributed by atoms with Crippen molar-refractivity contribution in [1.82, 2.24) is 10.2 Å². The predicted molar refractivity (Wildman–Crippen MR) is 59.4 cm³/mol. The second-order valence-electron chi connectivity index (χ2n) is 4.34. The number of piperazine rings is 1.